The van der Waals surface area contributed by atoms with Crippen LogP contribution in [0.25, 0.3) is 0 Å². The molecule has 1 aromatic rings. The summed E-state index contributed by atoms with van der Waals surface area (Å²) < 4.78 is 0. The van der Waals surface area contributed by atoms with Crippen LogP contribution in [0.4, 0.5) is 5.69 Å². The van der Waals surface area contributed by atoms with Crippen LogP contribution in [0.3, 0.4) is 0 Å². The fourth-order valence-electron chi connectivity index (χ4n) is 1.63. The third kappa shape index (κ3) is 3.74. The standard InChI is InChI=1S/C13H19NO/c1-3-11(4-2)13(15)10-14-12-8-6-5-7-9-12/h5-9,11,14H,3-4,10H2,1-2H3. The summed E-state index contributed by atoms with van der Waals surface area (Å²) in [7, 11) is 0. The Balaban J connectivity index is 2.40. The Morgan fingerprint density at radius 1 is 1.20 bits per heavy atom. The minimum atomic E-state index is 0.209. The number of anilines is 1. The SMILES string of the molecule is CCC(CC)C(=O)CNc1ccccc1. The molecule has 0 saturated heterocycles. The number of hydrogen-bond donors (Lipinski definition) is 1. The topological polar surface area (TPSA) is 29.1 Å². The third-order valence-electron chi connectivity index (χ3n) is 2.68. The second-order valence-corrected chi connectivity index (χ2v) is 3.70. The average molecular weight is 205 g/mol. The highest BCUT2D eigenvalue weighted by molar-refractivity contribution is 5.85. The fourth-order valence-corrected chi connectivity index (χ4v) is 1.63. The van der Waals surface area contributed by atoms with Gasteiger partial charge in [0.05, 0.1) is 6.54 Å². The van der Waals surface area contributed by atoms with E-state index in [0.29, 0.717) is 12.3 Å². The lowest BCUT2D eigenvalue weighted by atomic mass is 9.98. The summed E-state index contributed by atoms with van der Waals surface area (Å²) in [6, 6.07) is 9.84. The minimum Gasteiger partial charge on any atom is -0.378 e. The number of benzene rings is 1. The van der Waals surface area contributed by atoms with Crippen LogP contribution in [0.2, 0.25) is 0 Å². The van der Waals surface area contributed by atoms with E-state index in [1.165, 1.54) is 0 Å². The summed E-state index contributed by atoms with van der Waals surface area (Å²) in [5, 5.41) is 3.14. The molecular weight excluding hydrogens is 186 g/mol. The van der Waals surface area contributed by atoms with E-state index in [9.17, 15) is 4.79 Å². The molecule has 0 unspecified atom stereocenters. The molecule has 0 aliphatic carbocycles. The Bertz CT molecular complexity index is 291. The van der Waals surface area contributed by atoms with Gasteiger partial charge in [-0.25, -0.2) is 0 Å². The lowest BCUT2D eigenvalue weighted by Crippen LogP contribution is -2.21. The summed E-state index contributed by atoms with van der Waals surface area (Å²) in [6.07, 6.45) is 1.87. The van der Waals surface area contributed by atoms with Crippen LogP contribution in [0.5, 0.6) is 0 Å². The highest BCUT2D eigenvalue weighted by Crippen LogP contribution is 2.10. The fraction of sp³-hybridized carbons (Fsp3) is 0.462. The number of hydrogen-bond acceptors (Lipinski definition) is 2. The van der Waals surface area contributed by atoms with Crippen molar-refractivity contribution < 1.29 is 4.79 Å². The summed E-state index contributed by atoms with van der Waals surface area (Å²) in [6.45, 7) is 4.57. The van der Waals surface area contributed by atoms with E-state index in [2.05, 4.69) is 19.2 Å². The zero-order valence-corrected chi connectivity index (χ0v) is 9.49. The number of carbonyl (C=O) groups is 1. The first-order valence-corrected chi connectivity index (χ1v) is 5.59. The molecule has 1 rings (SSSR count). The van der Waals surface area contributed by atoms with Crippen LogP contribution in [-0.2, 0) is 4.79 Å². The first-order valence-electron chi connectivity index (χ1n) is 5.59. The van der Waals surface area contributed by atoms with Crippen LogP contribution < -0.4 is 5.32 Å². The van der Waals surface area contributed by atoms with Gasteiger partial charge in [0.15, 0.2) is 5.78 Å². The molecule has 0 aliphatic heterocycles. The monoisotopic (exact) mass is 205 g/mol. The molecule has 0 amide bonds. The van der Waals surface area contributed by atoms with E-state index in [1.807, 2.05) is 30.3 Å². The molecule has 1 N–H and O–H groups in total. The number of rotatable bonds is 6. The Labute approximate surface area is 91.7 Å². The van der Waals surface area contributed by atoms with Crippen molar-refractivity contribution in [2.75, 3.05) is 11.9 Å². The number of ketones is 1. The molecule has 0 fully saturated rings. The quantitative estimate of drug-likeness (QED) is 0.773. The van der Waals surface area contributed by atoms with E-state index >= 15 is 0 Å². The van der Waals surface area contributed by atoms with Gasteiger partial charge in [0, 0.05) is 11.6 Å². The Kier molecular flexibility index (Phi) is 4.88. The van der Waals surface area contributed by atoms with Crippen LogP contribution in [-0.4, -0.2) is 12.3 Å². The zero-order valence-electron chi connectivity index (χ0n) is 9.49. The largest absolute Gasteiger partial charge is 0.378 e. The van der Waals surface area contributed by atoms with E-state index in [-0.39, 0.29) is 5.92 Å². The molecule has 82 valence electrons. The van der Waals surface area contributed by atoms with Crippen molar-refractivity contribution in [2.24, 2.45) is 5.92 Å². The van der Waals surface area contributed by atoms with Gasteiger partial charge in [-0.3, -0.25) is 4.79 Å². The molecule has 0 heterocycles. The maximum absolute atomic E-state index is 11.7. The van der Waals surface area contributed by atoms with Gasteiger partial charge in [-0.05, 0) is 25.0 Å². The Morgan fingerprint density at radius 2 is 1.80 bits per heavy atom. The molecule has 0 radical (unpaired) electrons. The maximum atomic E-state index is 11.7. The molecule has 2 heteroatoms. The van der Waals surface area contributed by atoms with Gasteiger partial charge in [0.25, 0.3) is 0 Å². The third-order valence-corrected chi connectivity index (χ3v) is 2.68. The van der Waals surface area contributed by atoms with Gasteiger partial charge in [0.1, 0.15) is 0 Å². The number of nitrogens with one attached hydrogen (secondary N) is 1. The van der Waals surface area contributed by atoms with Crippen molar-refractivity contribution in [3.8, 4) is 0 Å². The normalized spacial score (nSPS) is 10.3. The highest BCUT2D eigenvalue weighted by atomic mass is 16.1. The molecule has 0 bridgehead atoms. The van der Waals surface area contributed by atoms with E-state index in [4.69, 9.17) is 0 Å². The first kappa shape index (κ1) is 11.8. The van der Waals surface area contributed by atoms with Gasteiger partial charge in [-0.2, -0.15) is 0 Å². The summed E-state index contributed by atoms with van der Waals surface area (Å²) in [5.74, 6) is 0.519. The maximum Gasteiger partial charge on any atom is 0.154 e. The molecule has 1 aromatic carbocycles. The van der Waals surface area contributed by atoms with Crippen molar-refractivity contribution >= 4 is 11.5 Å². The minimum absolute atomic E-state index is 0.209. The average Bonchev–Trinajstić information content (AvgIpc) is 2.29. The Morgan fingerprint density at radius 3 is 2.33 bits per heavy atom. The van der Waals surface area contributed by atoms with Crippen LogP contribution in [0.1, 0.15) is 26.7 Å². The van der Waals surface area contributed by atoms with E-state index in [0.717, 1.165) is 18.5 Å². The van der Waals surface area contributed by atoms with Crippen molar-refractivity contribution in [1.29, 1.82) is 0 Å². The van der Waals surface area contributed by atoms with Gasteiger partial charge in [-0.1, -0.05) is 32.0 Å². The summed E-state index contributed by atoms with van der Waals surface area (Å²) in [4.78, 5) is 11.7. The molecule has 2 nitrogen and oxygen atoms in total. The predicted molar refractivity (Wildman–Crippen MR) is 64.0 cm³/mol. The van der Waals surface area contributed by atoms with Crippen molar-refractivity contribution in [2.45, 2.75) is 26.7 Å². The van der Waals surface area contributed by atoms with Crippen LogP contribution in [0, 0.1) is 5.92 Å². The van der Waals surface area contributed by atoms with E-state index < -0.39 is 0 Å². The molecule has 0 atom stereocenters. The smallest absolute Gasteiger partial charge is 0.154 e. The van der Waals surface area contributed by atoms with Gasteiger partial charge in [-0.15, -0.1) is 0 Å². The van der Waals surface area contributed by atoms with Crippen molar-refractivity contribution in [3.05, 3.63) is 30.3 Å². The molecule has 0 aromatic heterocycles. The first-order chi connectivity index (χ1) is 7.27. The molecule has 15 heavy (non-hydrogen) atoms. The predicted octanol–water partition coefficient (Wildman–Crippen LogP) is 3.10. The number of para-hydroxylation sites is 1. The van der Waals surface area contributed by atoms with Gasteiger partial charge < -0.3 is 5.32 Å². The molecule has 0 aliphatic rings. The van der Waals surface area contributed by atoms with Crippen molar-refractivity contribution in [1.82, 2.24) is 0 Å². The summed E-state index contributed by atoms with van der Waals surface area (Å²) >= 11 is 0. The van der Waals surface area contributed by atoms with Crippen LogP contribution >= 0.6 is 0 Å². The lowest BCUT2D eigenvalue weighted by molar-refractivity contribution is -0.121. The Hall–Kier alpha value is -1.31. The molecule has 0 spiro atoms. The zero-order chi connectivity index (χ0) is 11.1. The number of carbonyl (C=O) groups excluding carboxylic acids is 1. The lowest BCUT2D eigenvalue weighted by Gasteiger charge is -2.12. The second kappa shape index (κ2) is 6.23. The van der Waals surface area contributed by atoms with Gasteiger partial charge >= 0.3 is 0 Å². The molecule has 0 saturated carbocycles. The van der Waals surface area contributed by atoms with Gasteiger partial charge in [0.2, 0.25) is 0 Å². The van der Waals surface area contributed by atoms with Crippen LogP contribution in [0.15, 0.2) is 30.3 Å². The highest BCUT2D eigenvalue weighted by Gasteiger charge is 2.13. The second-order valence-electron chi connectivity index (χ2n) is 3.70. The van der Waals surface area contributed by atoms with E-state index in [1.54, 1.807) is 0 Å². The number of Topliss-reactive ketones (excluding diaryl/α,β-unsaturated/α-hetero) is 1. The summed E-state index contributed by atoms with van der Waals surface area (Å²) in [5.41, 5.74) is 1.01. The van der Waals surface area contributed by atoms with Crippen molar-refractivity contribution in [3.63, 3.8) is 0 Å². The molecular formula is C13H19NO.